The van der Waals surface area contributed by atoms with Crippen LogP contribution in [0.3, 0.4) is 0 Å². The van der Waals surface area contributed by atoms with E-state index in [0.29, 0.717) is 27.9 Å². The van der Waals surface area contributed by atoms with Crippen LogP contribution in [-0.4, -0.2) is 32.7 Å². The number of rotatable bonds is 5. The number of benzene rings is 2. The van der Waals surface area contributed by atoms with Crippen LogP contribution in [0.25, 0.3) is 0 Å². The van der Waals surface area contributed by atoms with Gasteiger partial charge in [0.15, 0.2) is 0 Å². The predicted octanol–water partition coefficient (Wildman–Crippen LogP) is 5.04. The van der Waals surface area contributed by atoms with Crippen LogP contribution in [0.1, 0.15) is 54.1 Å². The van der Waals surface area contributed by atoms with Gasteiger partial charge in [0.05, 0.1) is 11.7 Å². The quantitative estimate of drug-likeness (QED) is 0.497. The number of nitrogens with zero attached hydrogens (tertiary/aromatic N) is 3. The van der Waals surface area contributed by atoms with E-state index in [1.165, 1.54) is 4.68 Å². The van der Waals surface area contributed by atoms with Crippen molar-refractivity contribution >= 4 is 35.1 Å². The molecule has 0 saturated heterocycles. The molecule has 0 fully saturated rings. The van der Waals surface area contributed by atoms with E-state index in [4.69, 9.17) is 16.3 Å². The maximum Gasteiger partial charge on any atom is 0.378 e. The highest BCUT2D eigenvalue weighted by Crippen LogP contribution is 2.36. The van der Waals surface area contributed by atoms with Gasteiger partial charge < -0.3 is 15.4 Å². The number of halogens is 1. The summed E-state index contributed by atoms with van der Waals surface area (Å²) in [4.78, 5) is 30.4. The lowest BCUT2D eigenvalue weighted by atomic mass is 9.95. The summed E-state index contributed by atoms with van der Waals surface area (Å²) in [6.45, 7) is 9.24. The minimum Gasteiger partial charge on any atom is -0.457 e. The lowest BCUT2D eigenvalue weighted by Crippen LogP contribution is -2.31. The summed E-state index contributed by atoms with van der Waals surface area (Å²) >= 11 is 6.28. The van der Waals surface area contributed by atoms with Gasteiger partial charge in [0, 0.05) is 16.4 Å². The van der Waals surface area contributed by atoms with Crippen LogP contribution in [0, 0.1) is 13.8 Å². The number of ether oxygens (including phenoxy) is 1. The number of hydrogen-bond acceptors (Lipinski definition) is 6. The van der Waals surface area contributed by atoms with Gasteiger partial charge in [0.1, 0.15) is 6.04 Å². The Hall–Kier alpha value is -3.65. The number of carbonyl (C=O) groups excluding carboxylic acids is 2. The summed E-state index contributed by atoms with van der Waals surface area (Å²) in [6, 6.07) is 12.4. The highest BCUT2D eigenvalue weighted by Gasteiger charge is 2.35. The van der Waals surface area contributed by atoms with Crippen LogP contribution in [0.4, 0.5) is 11.6 Å². The molecule has 3 aromatic rings. The van der Waals surface area contributed by atoms with Crippen molar-refractivity contribution in [1.82, 2.24) is 14.8 Å². The Morgan fingerprint density at radius 2 is 1.91 bits per heavy atom. The molecule has 4 rings (SSSR count). The molecule has 2 heterocycles. The van der Waals surface area contributed by atoms with Crippen LogP contribution < -0.4 is 10.6 Å². The van der Waals surface area contributed by atoms with Gasteiger partial charge in [-0.05, 0) is 63.9 Å². The minimum absolute atomic E-state index is 0.0907. The fourth-order valence-electron chi connectivity index (χ4n) is 3.93. The monoisotopic (exact) mass is 479 g/mol. The number of anilines is 2. The van der Waals surface area contributed by atoms with E-state index in [2.05, 4.69) is 20.7 Å². The Kier molecular flexibility index (Phi) is 6.43. The first-order valence-corrected chi connectivity index (χ1v) is 11.3. The Bertz CT molecular complexity index is 1310. The standard InChI is InChI=1S/C25H26ClN5O3/c1-13(2)34-24(33)22-29-25-27-16(5)20(23(32)28-19-10-9-14(3)11-15(19)4)21(31(25)30-22)17-7-6-8-18(26)12-17/h6-13,21H,1-5H3,(H,28,32)(H,27,29,30)/t21-/m1/s1. The summed E-state index contributed by atoms with van der Waals surface area (Å²) < 4.78 is 6.78. The molecule has 2 aromatic carbocycles. The summed E-state index contributed by atoms with van der Waals surface area (Å²) in [6.07, 6.45) is -0.316. The summed E-state index contributed by atoms with van der Waals surface area (Å²) in [5.74, 6) is -0.690. The number of carbonyl (C=O) groups is 2. The zero-order chi connectivity index (χ0) is 24.6. The predicted molar refractivity (Wildman–Crippen MR) is 131 cm³/mol. The van der Waals surface area contributed by atoms with E-state index in [9.17, 15) is 9.59 Å². The van der Waals surface area contributed by atoms with Crippen molar-refractivity contribution in [3.63, 3.8) is 0 Å². The molecule has 0 saturated carbocycles. The van der Waals surface area contributed by atoms with Crippen LogP contribution in [0.2, 0.25) is 5.02 Å². The van der Waals surface area contributed by atoms with Crippen molar-refractivity contribution < 1.29 is 14.3 Å². The number of aryl methyl sites for hydroxylation is 2. The van der Waals surface area contributed by atoms with Crippen LogP contribution >= 0.6 is 11.6 Å². The molecular weight excluding hydrogens is 454 g/mol. The molecule has 0 radical (unpaired) electrons. The summed E-state index contributed by atoms with van der Waals surface area (Å²) in [5.41, 5.74) is 4.53. The van der Waals surface area contributed by atoms with Crippen molar-refractivity contribution in [2.24, 2.45) is 0 Å². The van der Waals surface area contributed by atoms with Gasteiger partial charge >= 0.3 is 5.97 Å². The number of nitrogens with one attached hydrogen (secondary N) is 2. The van der Waals surface area contributed by atoms with E-state index in [1.54, 1.807) is 39.0 Å². The lowest BCUT2D eigenvalue weighted by Gasteiger charge is -2.29. The second kappa shape index (κ2) is 9.30. The lowest BCUT2D eigenvalue weighted by molar-refractivity contribution is -0.113. The Balaban J connectivity index is 1.78. The average molecular weight is 480 g/mol. The fraction of sp³-hybridized carbons (Fsp3) is 0.280. The van der Waals surface area contributed by atoms with Crippen molar-refractivity contribution in [1.29, 1.82) is 0 Å². The second-order valence-corrected chi connectivity index (χ2v) is 8.99. The molecule has 0 spiro atoms. The smallest absolute Gasteiger partial charge is 0.378 e. The highest BCUT2D eigenvalue weighted by atomic mass is 35.5. The third-order valence-electron chi connectivity index (χ3n) is 5.42. The number of allylic oxidation sites excluding steroid dienone is 1. The third-order valence-corrected chi connectivity index (χ3v) is 5.65. The molecule has 176 valence electrons. The van der Waals surface area contributed by atoms with E-state index in [1.807, 2.05) is 38.1 Å². The minimum atomic E-state index is -0.659. The van der Waals surface area contributed by atoms with Gasteiger partial charge in [-0.1, -0.05) is 41.4 Å². The summed E-state index contributed by atoms with van der Waals surface area (Å²) in [7, 11) is 0. The first-order chi connectivity index (χ1) is 16.1. The molecule has 9 heteroatoms. The molecule has 8 nitrogen and oxygen atoms in total. The Labute approximate surface area is 203 Å². The molecule has 34 heavy (non-hydrogen) atoms. The Morgan fingerprint density at radius 1 is 1.15 bits per heavy atom. The third kappa shape index (κ3) is 4.68. The summed E-state index contributed by atoms with van der Waals surface area (Å²) in [5, 5.41) is 11.0. The molecule has 1 aromatic heterocycles. The van der Waals surface area contributed by atoms with Gasteiger partial charge in [0.25, 0.3) is 11.7 Å². The normalized spacial score (nSPS) is 15.1. The van der Waals surface area contributed by atoms with Crippen molar-refractivity contribution in [2.45, 2.75) is 46.8 Å². The zero-order valence-electron chi connectivity index (χ0n) is 19.6. The van der Waals surface area contributed by atoms with Gasteiger partial charge in [-0.15, -0.1) is 5.10 Å². The number of hydrogen-bond donors (Lipinski definition) is 2. The number of esters is 1. The molecular formula is C25H26ClN5O3. The van der Waals surface area contributed by atoms with E-state index >= 15 is 0 Å². The largest absolute Gasteiger partial charge is 0.457 e. The van der Waals surface area contributed by atoms with Gasteiger partial charge in [-0.3, -0.25) is 4.79 Å². The molecule has 1 atom stereocenters. The topological polar surface area (TPSA) is 98.1 Å². The molecule has 1 aliphatic rings. The van der Waals surface area contributed by atoms with E-state index < -0.39 is 12.0 Å². The molecule has 0 aliphatic carbocycles. The van der Waals surface area contributed by atoms with E-state index in [0.717, 1.165) is 16.7 Å². The van der Waals surface area contributed by atoms with Crippen LogP contribution in [0.5, 0.6) is 0 Å². The molecule has 1 amide bonds. The second-order valence-electron chi connectivity index (χ2n) is 8.55. The Morgan fingerprint density at radius 3 is 2.59 bits per heavy atom. The van der Waals surface area contributed by atoms with Crippen LogP contribution in [0.15, 0.2) is 53.7 Å². The SMILES string of the molecule is CC1=C(C(=O)Nc2ccc(C)cc2C)[C@@H](c2cccc(Cl)c2)n2nc(C(=O)OC(C)C)nc2N1. The molecule has 0 unspecified atom stereocenters. The average Bonchev–Trinajstić information content (AvgIpc) is 3.18. The van der Waals surface area contributed by atoms with Crippen molar-refractivity contribution in [3.8, 4) is 0 Å². The number of fused-ring (bicyclic) bond motifs is 1. The van der Waals surface area contributed by atoms with Gasteiger partial charge in [0.2, 0.25) is 5.95 Å². The first-order valence-electron chi connectivity index (χ1n) is 10.9. The zero-order valence-corrected chi connectivity index (χ0v) is 20.4. The van der Waals surface area contributed by atoms with Crippen LogP contribution in [-0.2, 0) is 9.53 Å². The van der Waals surface area contributed by atoms with Crippen molar-refractivity contribution in [2.75, 3.05) is 10.6 Å². The van der Waals surface area contributed by atoms with Gasteiger partial charge in [-0.2, -0.15) is 4.98 Å². The first kappa shape index (κ1) is 23.5. The van der Waals surface area contributed by atoms with E-state index in [-0.39, 0.29) is 17.8 Å². The molecule has 2 N–H and O–H groups in total. The number of aromatic nitrogens is 3. The maximum atomic E-state index is 13.6. The van der Waals surface area contributed by atoms with Crippen molar-refractivity contribution in [3.05, 3.63) is 81.3 Å². The molecule has 1 aliphatic heterocycles. The fourth-order valence-corrected chi connectivity index (χ4v) is 4.13. The molecule has 0 bridgehead atoms. The maximum absolute atomic E-state index is 13.6. The highest BCUT2D eigenvalue weighted by molar-refractivity contribution is 6.30. The number of amides is 1. The van der Waals surface area contributed by atoms with Gasteiger partial charge in [-0.25, -0.2) is 9.48 Å².